The second-order valence-corrected chi connectivity index (χ2v) is 16.3. The molecule has 1 aromatic carbocycles. The van der Waals surface area contributed by atoms with Crippen molar-refractivity contribution >= 4 is 17.7 Å². The first-order chi connectivity index (χ1) is 21.1. The van der Waals surface area contributed by atoms with E-state index in [4.69, 9.17) is 0 Å². The Morgan fingerprint density at radius 3 is 2.13 bits per heavy atom. The lowest BCUT2D eigenvalue weighted by atomic mass is 9.74. The van der Waals surface area contributed by atoms with Crippen LogP contribution in [0.15, 0.2) is 18.2 Å². The molecule has 9 heteroatoms. The van der Waals surface area contributed by atoms with E-state index in [1.54, 1.807) is 19.0 Å². The molecular weight excluding hydrogens is 574 g/mol. The minimum atomic E-state index is -0.702. The second-order valence-electron chi connectivity index (χ2n) is 16.3. The second kappa shape index (κ2) is 12.9. The maximum absolute atomic E-state index is 15.3. The maximum Gasteiger partial charge on any atom is 0.244 e. The van der Waals surface area contributed by atoms with Gasteiger partial charge in [-0.1, -0.05) is 53.5 Å². The fraction of sp³-hybridized carbons (Fsp3) is 0.750. The van der Waals surface area contributed by atoms with Gasteiger partial charge in [0.1, 0.15) is 17.7 Å². The number of nitrogens with zero attached hydrogens (tertiary/aromatic N) is 4. The number of halogens is 2. The van der Waals surface area contributed by atoms with Gasteiger partial charge >= 0.3 is 0 Å². The minimum absolute atomic E-state index is 0.0575. The Bertz CT molecular complexity index is 1260. The number of carbonyl (C=O) groups excluding carboxylic acids is 3. The van der Waals surface area contributed by atoms with Gasteiger partial charge in [0.15, 0.2) is 0 Å². The molecule has 2 aliphatic carbocycles. The highest BCUT2D eigenvalue weighted by atomic mass is 19.1. The van der Waals surface area contributed by atoms with Crippen molar-refractivity contribution in [3.63, 3.8) is 0 Å². The number of hydrogen-bond acceptors (Lipinski definition) is 4. The molecule has 1 aromatic rings. The molecule has 0 N–H and O–H groups in total. The SMILES string of the molecule is CN(C)C(=O)[C@@H]1C[C@H](N(C(=O)C(C)(C)C)C2CCC(C)(C)CC2)CN1C(=O)C1CN(C2CCCC2)C[C@H]1c1ccc(F)cc1F. The molecule has 0 radical (unpaired) electrons. The van der Waals surface area contributed by atoms with Crippen LogP contribution < -0.4 is 0 Å². The molecule has 45 heavy (non-hydrogen) atoms. The van der Waals surface area contributed by atoms with Crippen molar-refractivity contribution in [3.8, 4) is 0 Å². The summed E-state index contributed by atoms with van der Waals surface area (Å²) in [6, 6.07) is 3.07. The number of amides is 3. The van der Waals surface area contributed by atoms with Gasteiger partial charge in [-0.25, -0.2) is 8.78 Å². The van der Waals surface area contributed by atoms with Crippen LogP contribution in [0.2, 0.25) is 0 Å². The summed E-state index contributed by atoms with van der Waals surface area (Å²) in [6.07, 6.45) is 8.60. The zero-order chi connectivity index (χ0) is 32.8. The summed E-state index contributed by atoms with van der Waals surface area (Å²) >= 11 is 0. The van der Waals surface area contributed by atoms with Crippen LogP contribution in [-0.4, -0.2) is 95.2 Å². The summed E-state index contributed by atoms with van der Waals surface area (Å²) in [4.78, 5) is 50.1. The Balaban J connectivity index is 1.48. The van der Waals surface area contributed by atoms with E-state index in [0.717, 1.165) is 57.4 Å². The zero-order valence-corrected chi connectivity index (χ0v) is 28.5. The summed E-state index contributed by atoms with van der Waals surface area (Å²) in [5.41, 5.74) is -0.0215. The largest absolute Gasteiger partial charge is 0.347 e. The lowest BCUT2D eigenvalue weighted by Crippen LogP contribution is -2.54. The quantitative estimate of drug-likeness (QED) is 0.398. The van der Waals surface area contributed by atoms with E-state index in [1.165, 1.54) is 17.0 Å². The van der Waals surface area contributed by atoms with Crippen molar-refractivity contribution in [1.29, 1.82) is 0 Å². The van der Waals surface area contributed by atoms with Crippen LogP contribution in [0.25, 0.3) is 0 Å². The van der Waals surface area contributed by atoms with Gasteiger partial charge in [-0.3, -0.25) is 19.3 Å². The molecule has 250 valence electrons. The summed E-state index contributed by atoms with van der Waals surface area (Å²) < 4.78 is 29.2. The molecule has 0 aromatic heterocycles. The van der Waals surface area contributed by atoms with E-state index in [-0.39, 0.29) is 41.8 Å². The van der Waals surface area contributed by atoms with Crippen LogP contribution in [0.3, 0.4) is 0 Å². The van der Waals surface area contributed by atoms with Gasteiger partial charge in [0.2, 0.25) is 17.7 Å². The zero-order valence-electron chi connectivity index (χ0n) is 28.5. The lowest BCUT2D eigenvalue weighted by molar-refractivity contribution is -0.147. The summed E-state index contributed by atoms with van der Waals surface area (Å²) in [5, 5.41) is 0. The van der Waals surface area contributed by atoms with E-state index >= 15 is 4.39 Å². The Morgan fingerprint density at radius 2 is 1.56 bits per heavy atom. The molecule has 2 aliphatic heterocycles. The highest BCUT2D eigenvalue weighted by Gasteiger charge is 2.51. The van der Waals surface area contributed by atoms with E-state index in [2.05, 4.69) is 18.7 Å². The molecule has 7 nitrogen and oxygen atoms in total. The smallest absolute Gasteiger partial charge is 0.244 e. The van der Waals surface area contributed by atoms with Gasteiger partial charge in [0, 0.05) is 63.2 Å². The highest BCUT2D eigenvalue weighted by Crippen LogP contribution is 2.43. The normalized spacial score (nSPS) is 28.1. The van der Waals surface area contributed by atoms with Crippen LogP contribution in [0.4, 0.5) is 8.78 Å². The minimum Gasteiger partial charge on any atom is -0.347 e. The van der Waals surface area contributed by atoms with Gasteiger partial charge in [0.05, 0.1) is 12.0 Å². The van der Waals surface area contributed by atoms with Crippen molar-refractivity contribution in [1.82, 2.24) is 19.6 Å². The highest BCUT2D eigenvalue weighted by molar-refractivity contribution is 5.90. The van der Waals surface area contributed by atoms with Crippen LogP contribution in [0, 0.1) is 28.4 Å². The van der Waals surface area contributed by atoms with Crippen LogP contribution >= 0.6 is 0 Å². The average molecular weight is 629 g/mol. The Morgan fingerprint density at radius 1 is 0.911 bits per heavy atom. The summed E-state index contributed by atoms with van der Waals surface area (Å²) in [6.45, 7) is 11.7. The fourth-order valence-electron chi connectivity index (χ4n) is 8.45. The third-order valence-electron chi connectivity index (χ3n) is 11.1. The maximum atomic E-state index is 15.3. The number of likely N-dealkylation sites (N-methyl/N-ethyl adjacent to an activating group) is 1. The Kier molecular flexibility index (Phi) is 9.71. The molecule has 0 bridgehead atoms. The molecule has 2 saturated carbocycles. The molecule has 4 fully saturated rings. The average Bonchev–Trinajstić information content (AvgIpc) is 3.73. The number of hydrogen-bond donors (Lipinski definition) is 0. The van der Waals surface area contributed by atoms with Crippen molar-refractivity contribution in [2.24, 2.45) is 16.7 Å². The summed E-state index contributed by atoms with van der Waals surface area (Å²) in [5.74, 6) is -2.55. The van der Waals surface area contributed by atoms with Gasteiger partial charge in [-0.05, 0) is 62.0 Å². The molecule has 4 aliphatic rings. The molecule has 4 atom stereocenters. The Hall–Kier alpha value is -2.55. The number of likely N-dealkylation sites (tertiary alicyclic amines) is 2. The molecule has 2 heterocycles. The van der Waals surface area contributed by atoms with Gasteiger partial charge in [-0.2, -0.15) is 0 Å². The van der Waals surface area contributed by atoms with E-state index in [9.17, 15) is 18.8 Å². The first-order valence-corrected chi connectivity index (χ1v) is 17.1. The number of benzene rings is 1. The van der Waals surface area contributed by atoms with Crippen LogP contribution in [0.5, 0.6) is 0 Å². The molecule has 5 rings (SSSR count). The standard InChI is InChI=1S/C36H54F2N4O3/c1-35(2,3)34(45)42(25-14-16-36(4,5)17-15-25)26-19-31(33(44)39(6)7)41(20-26)32(43)29-22-40(24-10-8-9-11-24)21-28(29)27-13-12-23(37)18-30(27)38/h12-13,18,24-26,28-29,31H,8-11,14-17,19-22H2,1-7H3/t26-,28-,29?,31-/m0/s1. The van der Waals surface area contributed by atoms with Crippen LogP contribution in [0.1, 0.15) is 104 Å². The topological polar surface area (TPSA) is 64.2 Å². The first-order valence-electron chi connectivity index (χ1n) is 17.1. The Labute approximate surface area is 268 Å². The van der Waals surface area contributed by atoms with Crippen molar-refractivity contribution in [3.05, 3.63) is 35.4 Å². The van der Waals surface area contributed by atoms with Gasteiger partial charge < -0.3 is 14.7 Å². The molecule has 3 amide bonds. The number of rotatable bonds is 6. The lowest BCUT2D eigenvalue weighted by Gasteiger charge is -2.45. The molecular formula is C36H54F2N4O3. The predicted octanol–water partition coefficient (Wildman–Crippen LogP) is 5.82. The first kappa shape index (κ1) is 33.8. The fourth-order valence-corrected chi connectivity index (χ4v) is 8.45. The van der Waals surface area contributed by atoms with E-state index in [1.807, 2.05) is 25.7 Å². The van der Waals surface area contributed by atoms with Crippen molar-refractivity contribution in [2.75, 3.05) is 33.7 Å². The molecule has 0 spiro atoms. The van der Waals surface area contributed by atoms with Crippen molar-refractivity contribution < 1.29 is 23.2 Å². The number of carbonyl (C=O) groups is 3. The molecule has 2 saturated heterocycles. The van der Waals surface area contributed by atoms with Crippen LogP contribution in [-0.2, 0) is 14.4 Å². The van der Waals surface area contributed by atoms with Crippen molar-refractivity contribution in [2.45, 2.75) is 122 Å². The predicted molar refractivity (Wildman–Crippen MR) is 171 cm³/mol. The van der Waals surface area contributed by atoms with Gasteiger partial charge in [-0.15, -0.1) is 0 Å². The third kappa shape index (κ3) is 7.08. The van der Waals surface area contributed by atoms with E-state index < -0.39 is 34.9 Å². The van der Waals surface area contributed by atoms with E-state index in [0.29, 0.717) is 31.1 Å². The third-order valence-corrected chi connectivity index (χ3v) is 11.1. The monoisotopic (exact) mass is 628 g/mol. The molecule has 1 unspecified atom stereocenters. The van der Waals surface area contributed by atoms with Gasteiger partial charge in [0.25, 0.3) is 0 Å². The summed E-state index contributed by atoms with van der Waals surface area (Å²) in [7, 11) is 3.40.